The van der Waals surface area contributed by atoms with Gasteiger partial charge in [0, 0.05) is 49.5 Å². The van der Waals surface area contributed by atoms with Gasteiger partial charge in [0.05, 0.1) is 40.9 Å². The van der Waals surface area contributed by atoms with E-state index in [0.717, 1.165) is 22.2 Å². The van der Waals surface area contributed by atoms with Gasteiger partial charge in [-0.2, -0.15) is 4.31 Å². The Morgan fingerprint density at radius 1 is 1.10 bits per heavy atom. The molecule has 4 aromatic rings. The highest BCUT2D eigenvalue weighted by molar-refractivity contribution is 7.88. The predicted octanol–water partition coefficient (Wildman–Crippen LogP) is 2.39. The van der Waals surface area contributed by atoms with E-state index in [0.29, 0.717) is 42.9 Å². The molecule has 1 aliphatic heterocycles. The van der Waals surface area contributed by atoms with E-state index < -0.39 is 15.8 Å². The van der Waals surface area contributed by atoms with Crippen LogP contribution in [0.25, 0.3) is 33.2 Å². The van der Waals surface area contributed by atoms with Crippen LogP contribution in [0.15, 0.2) is 43.0 Å². The van der Waals surface area contributed by atoms with E-state index in [-0.39, 0.29) is 0 Å². The molecule has 1 aliphatic rings. The SMILES string of the molecule is CS(=O)(=O)N1CCN(c2c(F)cnc3[nH]c4cnc(-c5cccnc5)cc4c23)CC1. The molecule has 1 fully saturated rings. The largest absolute Gasteiger partial charge is 0.366 e. The van der Waals surface area contributed by atoms with Crippen molar-refractivity contribution >= 4 is 37.6 Å². The zero-order valence-electron chi connectivity index (χ0n) is 16.2. The molecular formula is C20H19FN6O2S. The Morgan fingerprint density at radius 3 is 2.60 bits per heavy atom. The van der Waals surface area contributed by atoms with Crippen molar-refractivity contribution < 1.29 is 12.8 Å². The number of anilines is 1. The number of piperazine rings is 1. The molecule has 5 heterocycles. The third kappa shape index (κ3) is 3.17. The van der Waals surface area contributed by atoms with Gasteiger partial charge < -0.3 is 9.88 Å². The molecule has 0 aliphatic carbocycles. The summed E-state index contributed by atoms with van der Waals surface area (Å²) in [6, 6.07) is 5.66. The van der Waals surface area contributed by atoms with Gasteiger partial charge in [0.15, 0.2) is 5.82 Å². The van der Waals surface area contributed by atoms with Crippen molar-refractivity contribution in [3.8, 4) is 11.3 Å². The van der Waals surface area contributed by atoms with Crippen molar-refractivity contribution in [2.24, 2.45) is 0 Å². The second kappa shape index (κ2) is 6.99. The van der Waals surface area contributed by atoms with Crippen LogP contribution < -0.4 is 4.90 Å². The number of aromatic amines is 1. The zero-order valence-corrected chi connectivity index (χ0v) is 17.0. The van der Waals surface area contributed by atoms with E-state index in [2.05, 4.69) is 19.9 Å². The molecule has 0 aromatic carbocycles. The maximum atomic E-state index is 15.0. The first-order valence-electron chi connectivity index (χ1n) is 9.48. The van der Waals surface area contributed by atoms with Crippen molar-refractivity contribution in [1.29, 1.82) is 0 Å². The molecule has 10 heteroatoms. The van der Waals surface area contributed by atoms with Crippen molar-refractivity contribution in [2.45, 2.75) is 0 Å². The zero-order chi connectivity index (χ0) is 20.9. The molecule has 4 aromatic heterocycles. The standard InChI is InChI=1S/C20H19FN6O2S/c1-30(28,29)27-7-5-26(6-8-27)19-15(21)11-24-20-18(19)14-9-16(23-12-17(14)25-20)13-3-2-4-22-10-13/h2-4,9-12H,5-8H2,1H3,(H,24,25). The van der Waals surface area contributed by atoms with Crippen molar-refractivity contribution in [3.63, 3.8) is 0 Å². The van der Waals surface area contributed by atoms with Gasteiger partial charge in [-0.1, -0.05) is 0 Å². The van der Waals surface area contributed by atoms with Crippen LogP contribution in [-0.4, -0.2) is 65.1 Å². The number of nitrogens with one attached hydrogen (secondary N) is 1. The molecule has 0 saturated carbocycles. The molecule has 1 N–H and O–H groups in total. The van der Waals surface area contributed by atoms with E-state index >= 15 is 0 Å². The summed E-state index contributed by atoms with van der Waals surface area (Å²) in [5.41, 5.74) is 3.35. The number of aromatic nitrogens is 4. The van der Waals surface area contributed by atoms with Crippen molar-refractivity contribution in [1.82, 2.24) is 24.2 Å². The Balaban J connectivity index is 1.64. The first-order chi connectivity index (χ1) is 14.4. The lowest BCUT2D eigenvalue weighted by molar-refractivity contribution is 0.386. The Morgan fingerprint density at radius 2 is 1.90 bits per heavy atom. The van der Waals surface area contributed by atoms with Crippen LogP contribution in [0.5, 0.6) is 0 Å². The predicted molar refractivity (Wildman–Crippen MR) is 113 cm³/mol. The normalized spacial score (nSPS) is 15.9. The molecule has 5 rings (SSSR count). The molecule has 0 radical (unpaired) electrons. The highest BCUT2D eigenvalue weighted by Crippen LogP contribution is 2.36. The van der Waals surface area contributed by atoms with E-state index in [4.69, 9.17) is 0 Å². The lowest BCUT2D eigenvalue weighted by Gasteiger charge is -2.35. The van der Waals surface area contributed by atoms with E-state index in [9.17, 15) is 12.8 Å². The number of fused-ring (bicyclic) bond motifs is 3. The molecule has 154 valence electrons. The number of H-pyrrole nitrogens is 1. The van der Waals surface area contributed by atoms with Crippen LogP contribution in [0, 0.1) is 5.82 Å². The fourth-order valence-electron chi connectivity index (χ4n) is 3.94. The quantitative estimate of drug-likeness (QED) is 0.541. The number of pyridine rings is 3. The van der Waals surface area contributed by atoms with Gasteiger partial charge in [0.25, 0.3) is 0 Å². The highest BCUT2D eigenvalue weighted by atomic mass is 32.2. The van der Waals surface area contributed by atoms with E-state index in [1.807, 2.05) is 23.1 Å². The van der Waals surface area contributed by atoms with Gasteiger partial charge in [-0.15, -0.1) is 0 Å². The summed E-state index contributed by atoms with van der Waals surface area (Å²) in [6.07, 6.45) is 7.53. The number of hydrogen-bond acceptors (Lipinski definition) is 6. The maximum absolute atomic E-state index is 15.0. The third-order valence-electron chi connectivity index (χ3n) is 5.41. The molecule has 30 heavy (non-hydrogen) atoms. The van der Waals surface area contributed by atoms with Crippen molar-refractivity contribution in [3.05, 3.63) is 48.8 Å². The minimum atomic E-state index is -3.26. The van der Waals surface area contributed by atoms with Gasteiger partial charge in [-0.05, 0) is 18.2 Å². The number of hydrogen-bond donors (Lipinski definition) is 1. The Kier molecular flexibility index (Phi) is 4.40. The van der Waals surface area contributed by atoms with Crippen LogP contribution in [0.1, 0.15) is 0 Å². The lowest BCUT2D eigenvalue weighted by atomic mass is 10.1. The van der Waals surface area contributed by atoms with Gasteiger partial charge >= 0.3 is 0 Å². The van der Waals surface area contributed by atoms with E-state index in [1.165, 1.54) is 16.8 Å². The molecule has 0 amide bonds. The monoisotopic (exact) mass is 426 g/mol. The summed E-state index contributed by atoms with van der Waals surface area (Å²) in [7, 11) is -3.26. The van der Waals surface area contributed by atoms with Crippen LogP contribution >= 0.6 is 0 Å². The number of nitrogens with zero attached hydrogens (tertiary/aromatic N) is 5. The molecule has 0 unspecified atom stereocenters. The second-order valence-electron chi connectivity index (χ2n) is 7.31. The van der Waals surface area contributed by atoms with Crippen LogP contribution in [0.3, 0.4) is 0 Å². The highest BCUT2D eigenvalue weighted by Gasteiger charge is 2.27. The number of rotatable bonds is 3. The average molecular weight is 426 g/mol. The van der Waals surface area contributed by atoms with Gasteiger partial charge in [-0.3, -0.25) is 9.97 Å². The summed E-state index contributed by atoms with van der Waals surface area (Å²) in [5, 5.41) is 1.48. The minimum Gasteiger partial charge on any atom is -0.366 e. The summed E-state index contributed by atoms with van der Waals surface area (Å²) in [5.74, 6) is -0.434. The molecule has 0 spiro atoms. The third-order valence-corrected chi connectivity index (χ3v) is 6.72. The average Bonchev–Trinajstić information content (AvgIpc) is 3.12. The first-order valence-corrected chi connectivity index (χ1v) is 11.3. The molecule has 8 nitrogen and oxygen atoms in total. The second-order valence-corrected chi connectivity index (χ2v) is 9.29. The fourth-order valence-corrected chi connectivity index (χ4v) is 4.77. The number of halogens is 1. The first kappa shape index (κ1) is 18.9. The van der Waals surface area contributed by atoms with E-state index in [1.54, 1.807) is 18.6 Å². The van der Waals surface area contributed by atoms with Crippen LogP contribution in [-0.2, 0) is 10.0 Å². The summed E-state index contributed by atoms with van der Waals surface area (Å²) in [6.45, 7) is 1.42. The molecular weight excluding hydrogens is 407 g/mol. The molecule has 1 saturated heterocycles. The Labute approximate surface area is 172 Å². The summed E-state index contributed by atoms with van der Waals surface area (Å²) < 4.78 is 40.0. The van der Waals surface area contributed by atoms with Crippen LogP contribution in [0.2, 0.25) is 0 Å². The Bertz CT molecular complexity index is 1350. The van der Waals surface area contributed by atoms with Crippen molar-refractivity contribution in [2.75, 3.05) is 37.3 Å². The van der Waals surface area contributed by atoms with Gasteiger partial charge in [0.2, 0.25) is 10.0 Å². The smallest absolute Gasteiger partial charge is 0.211 e. The summed E-state index contributed by atoms with van der Waals surface area (Å²) in [4.78, 5) is 18.0. The number of sulfonamides is 1. The van der Waals surface area contributed by atoms with Gasteiger partial charge in [0.1, 0.15) is 5.65 Å². The lowest BCUT2D eigenvalue weighted by Crippen LogP contribution is -2.48. The fraction of sp³-hybridized carbons (Fsp3) is 0.250. The molecule has 0 atom stereocenters. The minimum absolute atomic E-state index is 0.312. The van der Waals surface area contributed by atoms with Gasteiger partial charge in [-0.25, -0.2) is 17.8 Å². The Hall–Kier alpha value is -3.11. The summed E-state index contributed by atoms with van der Waals surface area (Å²) >= 11 is 0. The maximum Gasteiger partial charge on any atom is 0.211 e. The van der Waals surface area contributed by atoms with Crippen LogP contribution in [0.4, 0.5) is 10.1 Å². The molecule has 0 bridgehead atoms. The topological polar surface area (TPSA) is 95.1 Å².